The summed E-state index contributed by atoms with van der Waals surface area (Å²) in [7, 11) is 2.58. The maximum Gasteiger partial charge on any atom is 0.369 e. The van der Waals surface area contributed by atoms with Crippen molar-refractivity contribution in [1.29, 1.82) is 0 Å². The molecule has 0 bridgehead atoms. The first kappa shape index (κ1) is 9.40. The van der Waals surface area contributed by atoms with Crippen LogP contribution in [-0.4, -0.2) is 32.5 Å². The third-order valence-electron chi connectivity index (χ3n) is 1.36. The Balaban J connectivity index is 2.57. The molecule has 1 rings (SSSR count). The predicted molar refractivity (Wildman–Crippen MR) is 34.5 cm³/mol. The zero-order valence-corrected chi connectivity index (χ0v) is 7.03. The molecule has 0 amide bonds. The minimum atomic E-state index is -1.53. The fourth-order valence-corrected chi connectivity index (χ4v) is 0.709. The lowest BCUT2D eigenvalue weighted by molar-refractivity contribution is -0.354. The number of carbonyl (C=O) groups excluding carboxylic acids is 1. The second kappa shape index (κ2) is 3.36. The van der Waals surface area contributed by atoms with E-state index in [-0.39, 0.29) is 0 Å². The van der Waals surface area contributed by atoms with Crippen molar-refractivity contribution in [3.05, 3.63) is 0 Å². The van der Waals surface area contributed by atoms with E-state index in [0.29, 0.717) is 0 Å². The maximum atomic E-state index is 11.0. The van der Waals surface area contributed by atoms with E-state index >= 15 is 0 Å². The van der Waals surface area contributed by atoms with Crippen LogP contribution in [0.1, 0.15) is 6.92 Å². The Morgan fingerprint density at radius 3 is 2.58 bits per heavy atom. The van der Waals surface area contributed by atoms with Gasteiger partial charge in [-0.3, -0.25) is 4.74 Å². The average molecular weight is 178 g/mol. The number of esters is 1. The summed E-state index contributed by atoms with van der Waals surface area (Å²) >= 11 is 0. The first-order chi connectivity index (χ1) is 5.62. The summed E-state index contributed by atoms with van der Waals surface area (Å²) in [5.74, 6) is -2.21. The number of hydrogen-bond acceptors (Lipinski definition) is 6. The normalized spacial score (nSPS) is 35.1. The number of methoxy groups -OCH3 is 2. The van der Waals surface area contributed by atoms with Crippen LogP contribution in [0, 0.1) is 0 Å². The molecule has 0 N–H and O–H groups in total. The minimum absolute atomic E-state index is 0.679. The molecule has 0 aromatic carbocycles. The smallest absolute Gasteiger partial charge is 0.369 e. The van der Waals surface area contributed by atoms with Crippen molar-refractivity contribution in [3.63, 3.8) is 0 Å². The van der Waals surface area contributed by atoms with Crippen molar-refractivity contribution in [2.24, 2.45) is 0 Å². The zero-order chi connectivity index (χ0) is 9.19. The van der Waals surface area contributed by atoms with Gasteiger partial charge in [-0.05, 0) is 0 Å². The van der Waals surface area contributed by atoms with E-state index in [1.807, 2.05) is 0 Å². The molecule has 0 saturated carbocycles. The van der Waals surface area contributed by atoms with Crippen LogP contribution in [0.3, 0.4) is 0 Å². The van der Waals surface area contributed by atoms with E-state index in [9.17, 15) is 4.79 Å². The Morgan fingerprint density at radius 2 is 2.17 bits per heavy atom. The molecule has 2 atom stereocenters. The van der Waals surface area contributed by atoms with Gasteiger partial charge in [-0.25, -0.2) is 4.79 Å². The summed E-state index contributed by atoms with van der Waals surface area (Å²) in [6, 6.07) is 0. The van der Waals surface area contributed by atoms with Crippen LogP contribution < -0.4 is 0 Å². The van der Waals surface area contributed by atoms with Gasteiger partial charge in [0, 0.05) is 14.0 Å². The summed E-state index contributed by atoms with van der Waals surface area (Å²) in [4.78, 5) is 20.1. The van der Waals surface area contributed by atoms with E-state index in [1.54, 1.807) is 0 Å². The van der Waals surface area contributed by atoms with Crippen LogP contribution in [0.25, 0.3) is 0 Å². The van der Waals surface area contributed by atoms with Crippen LogP contribution in [0.2, 0.25) is 0 Å². The van der Waals surface area contributed by atoms with E-state index in [4.69, 9.17) is 4.74 Å². The Kier molecular flexibility index (Phi) is 2.63. The molecule has 0 spiro atoms. The highest BCUT2D eigenvalue weighted by Gasteiger charge is 2.47. The summed E-state index contributed by atoms with van der Waals surface area (Å²) in [6.07, 6.45) is 0. The second-order valence-electron chi connectivity index (χ2n) is 2.26. The predicted octanol–water partition coefficient (Wildman–Crippen LogP) is -0.216. The van der Waals surface area contributed by atoms with Crippen molar-refractivity contribution >= 4 is 5.97 Å². The molecule has 6 nitrogen and oxygen atoms in total. The highest BCUT2D eigenvalue weighted by molar-refractivity contribution is 5.77. The van der Waals surface area contributed by atoms with Crippen LogP contribution in [0.4, 0.5) is 0 Å². The van der Waals surface area contributed by atoms with Crippen molar-refractivity contribution in [3.8, 4) is 0 Å². The van der Waals surface area contributed by atoms with Crippen LogP contribution in [-0.2, 0) is 28.8 Å². The molecule has 1 heterocycles. The molecular formula is C6H10O6. The first-order valence-corrected chi connectivity index (χ1v) is 3.26. The fraction of sp³-hybridized carbons (Fsp3) is 0.833. The van der Waals surface area contributed by atoms with Gasteiger partial charge < -0.3 is 9.47 Å². The largest absolute Gasteiger partial charge is 0.465 e. The maximum absolute atomic E-state index is 11.0. The van der Waals surface area contributed by atoms with Gasteiger partial charge in [0.05, 0.1) is 7.11 Å². The molecule has 0 aromatic rings. The minimum Gasteiger partial charge on any atom is -0.465 e. The summed E-state index contributed by atoms with van der Waals surface area (Å²) in [5.41, 5.74) is 0. The third kappa shape index (κ3) is 1.56. The molecule has 0 radical (unpaired) electrons. The molecule has 1 aliphatic heterocycles. The molecule has 1 aliphatic rings. The lowest BCUT2D eigenvalue weighted by Gasteiger charge is -2.15. The van der Waals surface area contributed by atoms with Gasteiger partial charge in [0.15, 0.2) is 0 Å². The third-order valence-corrected chi connectivity index (χ3v) is 1.36. The Hall–Kier alpha value is -0.690. The van der Waals surface area contributed by atoms with Gasteiger partial charge in [0.25, 0.3) is 0 Å². The molecule has 0 aliphatic carbocycles. The van der Waals surface area contributed by atoms with Crippen LogP contribution >= 0.6 is 0 Å². The molecule has 2 unspecified atom stereocenters. The van der Waals surface area contributed by atoms with E-state index in [1.165, 1.54) is 21.1 Å². The molecule has 0 aromatic heterocycles. The van der Waals surface area contributed by atoms with E-state index in [2.05, 4.69) is 19.2 Å². The monoisotopic (exact) mass is 178 g/mol. The van der Waals surface area contributed by atoms with Gasteiger partial charge in [-0.2, -0.15) is 9.78 Å². The quantitative estimate of drug-likeness (QED) is 0.430. The summed E-state index contributed by atoms with van der Waals surface area (Å²) in [5, 5.41) is 0. The highest BCUT2D eigenvalue weighted by atomic mass is 17.3. The Labute approximate surface area is 69.2 Å². The van der Waals surface area contributed by atoms with Crippen molar-refractivity contribution < 1.29 is 28.8 Å². The van der Waals surface area contributed by atoms with E-state index in [0.717, 1.165) is 0 Å². The van der Waals surface area contributed by atoms with Crippen molar-refractivity contribution in [1.82, 2.24) is 0 Å². The second-order valence-corrected chi connectivity index (χ2v) is 2.26. The van der Waals surface area contributed by atoms with Crippen LogP contribution in [0.15, 0.2) is 0 Å². The molecule has 70 valence electrons. The zero-order valence-electron chi connectivity index (χ0n) is 7.03. The molecule has 12 heavy (non-hydrogen) atoms. The number of carbonyl (C=O) groups is 1. The van der Waals surface area contributed by atoms with Crippen molar-refractivity contribution in [2.45, 2.75) is 19.2 Å². The molecule has 1 fully saturated rings. The van der Waals surface area contributed by atoms with E-state index < -0.39 is 18.2 Å². The fourth-order valence-electron chi connectivity index (χ4n) is 0.709. The topological polar surface area (TPSA) is 63.2 Å². The number of hydrogen-bond donors (Lipinski definition) is 0. The number of rotatable bonds is 2. The standard InChI is InChI=1S/C6H10O6/c1-6(4(7)8-2)10-5(9-3)11-12-6/h5H,1-3H3. The number of ether oxygens (including phenoxy) is 3. The summed E-state index contributed by atoms with van der Waals surface area (Å²) < 4.78 is 13.9. The van der Waals surface area contributed by atoms with Crippen LogP contribution in [0.5, 0.6) is 0 Å². The SMILES string of the molecule is COC(=O)C1(C)OOC(OC)O1. The molecular weight excluding hydrogens is 168 g/mol. The van der Waals surface area contributed by atoms with Gasteiger partial charge >= 0.3 is 18.2 Å². The highest BCUT2D eigenvalue weighted by Crippen LogP contribution is 2.25. The van der Waals surface area contributed by atoms with Gasteiger partial charge in [0.2, 0.25) is 0 Å². The Bertz CT molecular complexity index is 181. The molecule has 6 heteroatoms. The lowest BCUT2D eigenvalue weighted by Crippen LogP contribution is -2.38. The first-order valence-electron chi connectivity index (χ1n) is 3.26. The van der Waals surface area contributed by atoms with Gasteiger partial charge in [-0.15, -0.1) is 0 Å². The van der Waals surface area contributed by atoms with Gasteiger partial charge in [0.1, 0.15) is 0 Å². The average Bonchev–Trinajstić information content (AvgIpc) is 2.47. The lowest BCUT2D eigenvalue weighted by atomic mass is 10.3. The van der Waals surface area contributed by atoms with Gasteiger partial charge in [-0.1, -0.05) is 0 Å². The molecule has 1 saturated heterocycles. The van der Waals surface area contributed by atoms with Crippen molar-refractivity contribution in [2.75, 3.05) is 14.2 Å². The summed E-state index contributed by atoms with van der Waals surface area (Å²) in [6.45, 7) is 0.381. The Morgan fingerprint density at radius 1 is 1.50 bits per heavy atom.